The van der Waals surface area contributed by atoms with Crippen LogP contribution in [0.15, 0.2) is 30.3 Å². The third-order valence-corrected chi connectivity index (χ3v) is 7.85. The first-order chi connectivity index (χ1) is 17.4. The van der Waals surface area contributed by atoms with Crippen molar-refractivity contribution in [2.24, 2.45) is 0 Å². The maximum atomic E-state index is 13.6. The SMILES string of the molecule is COc1cc(C(=O)N2CCC(CCOC3CCCCO3)(c3ccc(Cl)c(Cl)c3)C2)cc(OC)c1OC. The van der Waals surface area contributed by atoms with Gasteiger partial charge >= 0.3 is 0 Å². The predicted octanol–water partition coefficient (Wildman–Crippen LogP) is 5.74. The number of ether oxygens (including phenoxy) is 5. The van der Waals surface area contributed by atoms with Gasteiger partial charge in [-0.05, 0) is 61.9 Å². The summed E-state index contributed by atoms with van der Waals surface area (Å²) in [6.45, 7) is 2.38. The van der Waals surface area contributed by atoms with E-state index in [1.807, 2.05) is 23.1 Å². The van der Waals surface area contributed by atoms with Crippen molar-refractivity contribution in [1.29, 1.82) is 0 Å². The standard InChI is InChI=1S/C27H33Cl2NO6/c1-32-22-14-18(15-23(33-2)25(22)34-3)26(31)30-11-9-27(17-30,19-7-8-20(28)21(29)16-19)10-13-36-24-6-4-5-12-35-24/h7-8,14-16,24H,4-6,9-13,17H2,1-3H3. The summed E-state index contributed by atoms with van der Waals surface area (Å²) in [4.78, 5) is 15.5. The molecule has 1 amide bonds. The van der Waals surface area contributed by atoms with E-state index in [0.717, 1.165) is 44.3 Å². The third kappa shape index (κ3) is 5.70. The van der Waals surface area contributed by atoms with Crippen molar-refractivity contribution in [2.45, 2.75) is 43.8 Å². The Kier molecular flexibility index (Phi) is 8.88. The van der Waals surface area contributed by atoms with Crippen LogP contribution in [0.25, 0.3) is 0 Å². The van der Waals surface area contributed by atoms with Crippen LogP contribution in [0.5, 0.6) is 17.2 Å². The Morgan fingerprint density at radius 2 is 1.81 bits per heavy atom. The molecule has 2 unspecified atom stereocenters. The van der Waals surface area contributed by atoms with Gasteiger partial charge in [0.25, 0.3) is 5.91 Å². The molecule has 0 radical (unpaired) electrons. The number of likely N-dealkylation sites (tertiary alicyclic amines) is 1. The number of benzene rings is 2. The average Bonchev–Trinajstić information content (AvgIpc) is 3.34. The number of rotatable bonds is 9. The summed E-state index contributed by atoms with van der Waals surface area (Å²) >= 11 is 12.6. The number of hydrogen-bond donors (Lipinski definition) is 0. The van der Waals surface area contributed by atoms with Crippen molar-refractivity contribution in [1.82, 2.24) is 4.90 Å². The fourth-order valence-corrected chi connectivity index (χ4v) is 5.37. The first-order valence-corrected chi connectivity index (χ1v) is 12.9. The van der Waals surface area contributed by atoms with Crippen LogP contribution in [0.1, 0.15) is 48.0 Å². The van der Waals surface area contributed by atoms with Crippen molar-refractivity contribution >= 4 is 29.1 Å². The van der Waals surface area contributed by atoms with E-state index in [4.69, 9.17) is 46.9 Å². The van der Waals surface area contributed by atoms with Crippen molar-refractivity contribution in [2.75, 3.05) is 47.6 Å². The molecule has 7 nitrogen and oxygen atoms in total. The molecule has 2 aromatic rings. The van der Waals surface area contributed by atoms with Crippen LogP contribution in [0.4, 0.5) is 0 Å². The molecule has 2 fully saturated rings. The number of hydrogen-bond acceptors (Lipinski definition) is 6. The van der Waals surface area contributed by atoms with Crippen LogP contribution in [0, 0.1) is 0 Å². The van der Waals surface area contributed by atoms with Crippen molar-refractivity contribution in [3.63, 3.8) is 0 Å². The second kappa shape index (κ2) is 11.9. The van der Waals surface area contributed by atoms with Gasteiger partial charge in [-0.25, -0.2) is 0 Å². The summed E-state index contributed by atoms with van der Waals surface area (Å²) in [6, 6.07) is 9.10. The minimum absolute atomic E-state index is 0.104. The van der Waals surface area contributed by atoms with Crippen LogP contribution >= 0.6 is 23.2 Å². The van der Waals surface area contributed by atoms with Gasteiger partial charge in [0.15, 0.2) is 17.8 Å². The van der Waals surface area contributed by atoms with Crippen molar-refractivity contribution in [3.8, 4) is 17.2 Å². The van der Waals surface area contributed by atoms with E-state index in [-0.39, 0.29) is 17.6 Å². The largest absolute Gasteiger partial charge is 0.493 e. The molecule has 0 N–H and O–H groups in total. The first kappa shape index (κ1) is 26.9. The normalized spacial score (nSPS) is 21.9. The molecule has 2 aromatic carbocycles. The van der Waals surface area contributed by atoms with E-state index in [1.54, 1.807) is 12.1 Å². The van der Waals surface area contributed by atoms with Crippen molar-refractivity contribution in [3.05, 3.63) is 51.5 Å². The second-order valence-corrected chi connectivity index (χ2v) is 10.0. The molecular formula is C27H33Cl2NO6. The Morgan fingerprint density at radius 3 is 2.42 bits per heavy atom. The summed E-state index contributed by atoms with van der Waals surface area (Å²) in [7, 11) is 4.61. The topological polar surface area (TPSA) is 66.5 Å². The van der Waals surface area contributed by atoms with Gasteiger partial charge in [-0.3, -0.25) is 4.79 Å². The molecular weight excluding hydrogens is 505 g/mol. The fraction of sp³-hybridized carbons (Fsp3) is 0.519. The van der Waals surface area contributed by atoms with Gasteiger partial charge < -0.3 is 28.6 Å². The highest BCUT2D eigenvalue weighted by Crippen LogP contribution is 2.42. The van der Waals surface area contributed by atoms with E-state index in [0.29, 0.717) is 52.6 Å². The van der Waals surface area contributed by atoms with Crippen LogP contribution in [0.2, 0.25) is 10.0 Å². The third-order valence-electron chi connectivity index (χ3n) is 7.11. The van der Waals surface area contributed by atoms with Crippen LogP contribution in [-0.4, -0.2) is 64.7 Å². The summed E-state index contributed by atoms with van der Waals surface area (Å²) < 4.78 is 28.1. The Bertz CT molecular complexity index is 1050. The zero-order valence-corrected chi connectivity index (χ0v) is 22.5. The number of carbonyl (C=O) groups is 1. The van der Waals surface area contributed by atoms with Gasteiger partial charge in [0.2, 0.25) is 5.75 Å². The molecule has 0 spiro atoms. The monoisotopic (exact) mass is 537 g/mol. The highest BCUT2D eigenvalue weighted by atomic mass is 35.5. The van der Waals surface area contributed by atoms with E-state index in [1.165, 1.54) is 21.3 Å². The molecule has 2 atom stereocenters. The van der Waals surface area contributed by atoms with Gasteiger partial charge in [-0.2, -0.15) is 0 Å². The van der Waals surface area contributed by atoms with E-state index in [9.17, 15) is 4.79 Å². The Morgan fingerprint density at radius 1 is 1.06 bits per heavy atom. The van der Waals surface area contributed by atoms with Crippen LogP contribution in [-0.2, 0) is 14.9 Å². The maximum Gasteiger partial charge on any atom is 0.254 e. The molecule has 0 saturated carbocycles. The number of nitrogens with zero attached hydrogens (tertiary/aromatic N) is 1. The molecule has 0 aliphatic carbocycles. The lowest BCUT2D eigenvalue weighted by Gasteiger charge is -2.32. The van der Waals surface area contributed by atoms with E-state index >= 15 is 0 Å². The van der Waals surface area contributed by atoms with Gasteiger partial charge in [-0.1, -0.05) is 29.3 Å². The predicted molar refractivity (Wildman–Crippen MR) is 139 cm³/mol. The fourth-order valence-electron chi connectivity index (χ4n) is 5.07. The molecule has 196 valence electrons. The molecule has 36 heavy (non-hydrogen) atoms. The number of carbonyl (C=O) groups excluding carboxylic acids is 1. The summed E-state index contributed by atoms with van der Waals surface area (Å²) in [5, 5.41) is 1.00. The smallest absolute Gasteiger partial charge is 0.254 e. The lowest BCUT2D eigenvalue weighted by molar-refractivity contribution is -0.164. The molecule has 9 heteroatoms. The maximum absolute atomic E-state index is 13.6. The van der Waals surface area contributed by atoms with Crippen LogP contribution < -0.4 is 14.2 Å². The van der Waals surface area contributed by atoms with Gasteiger partial charge in [-0.15, -0.1) is 0 Å². The lowest BCUT2D eigenvalue weighted by Crippen LogP contribution is -2.36. The van der Waals surface area contributed by atoms with E-state index < -0.39 is 0 Å². The zero-order chi connectivity index (χ0) is 25.7. The number of halogens is 2. The molecule has 2 saturated heterocycles. The minimum atomic E-state index is -0.320. The molecule has 2 heterocycles. The zero-order valence-electron chi connectivity index (χ0n) is 21.0. The lowest BCUT2D eigenvalue weighted by atomic mass is 9.77. The van der Waals surface area contributed by atoms with Gasteiger partial charge in [0.05, 0.1) is 38.0 Å². The summed E-state index contributed by atoms with van der Waals surface area (Å²) in [6.07, 6.45) is 4.43. The molecule has 4 rings (SSSR count). The van der Waals surface area contributed by atoms with Crippen molar-refractivity contribution < 1.29 is 28.5 Å². The minimum Gasteiger partial charge on any atom is -0.493 e. The number of methoxy groups -OCH3 is 3. The highest BCUT2D eigenvalue weighted by molar-refractivity contribution is 6.42. The Labute approximate surface area is 222 Å². The quantitative estimate of drug-likeness (QED) is 0.406. The van der Waals surface area contributed by atoms with E-state index in [2.05, 4.69) is 0 Å². The molecule has 2 aliphatic heterocycles. The highest BCUT2D eigenvalue weighted by Gasteiger charge is 2.42. The Balaban J connectivity index is 1.57. The second-order valence-electron chi connectivity index (χ2n) is 9.22. The molecule has 0 aromatic heterocycles. The average molecular weight is 538 g/mol. The number of amides is 1. The summed E-state index contributed by atoms with van der Waals surface area (Å²) in [5.41, 5.74) is 1.20. The molecule has 2 aliphatic rings. The summed E-state index contributed by atoms with van der Waals surface area (Å²) in [5.74, 6) is 1.23. The Hall–Kier alpha value is -2.19. The van der Waals surface area contributed by atoms with Gasteiger partial charge in [0, 0.05) is 30.7 Å². The first-order valence-electron chi connectivity index (χ1n) is 12.2. The molecule has 0 bridgehead atoms. The van der Waals surface area contributed by atoms with Gasteiger partial charge in [0.1, 0.15) is 0 Å². The van der Waals surface area contributed by atoms with Crippen LogP contribution in [0.3, 0.4) is 0 Å².